The van der Waals surface area contributed by atoms with Crippen LogP contribution < -0.4 is 0 Å². The second-order valence-corrected chi connectivity index (χ2v) is 10.3. The Labute approximate surface area is 231 Å². The molecule has 0 saturated heterocycles. The van der Waals surface area contributed by atoms with Crippen molar-refractivity contribution in [1.29, 1.82) is 0 Å². The van der Waals surface area contributed by atoms with Crippen LogP contribution in [0.4, 0.5) is 0 Å². The van der Waals surface area contributed by atoms with Gasteiger partial charge in [0.15, 0.2) is 0 Å². The molecule has 2 aromatic carbocycles. The molecule has 35 heavy (non-hydrogen) atoms. The Morgan fingerprint density at radius 2 is 0.771 bits per heavy atom. The van der Waals surface area contributed by atoms with Gasteiger partial charge >= 0.3 is 17.1 Å². The van der Waals surface area contributed by atoms with Gasteiger partial charge in [-0.2, -0.15) is 45.5 Å². The molecule has 0 fully saturated rings. The van der Waals surface area contributed by atoms with Crippen LogP contribution in [-0.4, -0.2) is 0 Å². The quantitative estimate of drug-likeness (QED) is 0.135. The molecule has 0 saturated carbocycles. The van der Waals surface area contributed by atoms with E-state index in [9.17, 15) is 0 Å². The maximum Gasteiger partial charge on any atom is 2.00 e. The van der Waals surface area contributed by atoms with Crippen molar-refractivity contribution in [3.05, 3.63) is 57.6 Å². The Bertz CT molecular complexity index is 604. The normalized spacial score (nSPS) is 10.7. The standard InChI is InChI=1S/2C17H29.Fe/c2*1-4-7-10-15-13-14-16(11-8-5-2)17(15)12-9-6-3;/h2*13-14H,4-12H2,1-3H3;/q2*-1;+2. The van der Waals surface area contributed by atoms with Crippen molar-refractivity contribution in [2.24, 2.45) is 0 Å². The smallest absolute Gasteiger partial charge is 0.210 e. The average Bonchev–Trinajstić information content (AvgIpc) is 3.43. The van der Waals surface area contributed by atoms with E-state index in [2.05, 4.69) is 65.8 Å². The molecule has 0 aromatic heterocycles. The maximum atomic E-state index is 2.39. The van der Waals surface area contributed by atoms with E-state index >= 15 is 0 Å². The molecule has 1 heteroatoms. The fourth-order valence-corrected chi connectivity index (χ4v) is 4.97. The fraction of sp³-hybridized carbons (Fsp3) is 0.706. The van der Waals surface area contributed by atoms with Crippen molar-refractivity contribution in [2.75, 3.05) is 0 Å². The third-order valence-electron chi connectivity index (χ3n) is 7.28. The monoisotopic (exact) mass is 522 g/mol. The van der Waals surface area contributed by atoms with Crippen molar-refractivity contribution in [3.8, 4) is 0 Å². The molecule has 0 amide bonds. The molecule has 0 bridgehead atoms. The molecule has 0 radical (unpaired) electrons. The van der Waals surface area contributed by atoms with E-state index in [1.807, 2.05) is 0 Å². The van der Waals surface area contributed by atoms with Gasteiger partial charge in [0.05, 0.1) is 0 Å². The summed E-state index contributed by atoms with van der Waals surface area (Å²) >= 11 is 0. The first-order chi connectivity index (χ1) is 16.7. The molecular formula is C34H58Fe. The second-order valence-electron chi connectivity index (χ2n) is 10.3. The summed E-state index contributed by atoms with van der Waals surface area (Å²) in [4.78, 5) is 0. The molecule has 0 heterocycles. The Morgan fingerprint density at radius 3 is 1.09 bits per heavy atom. The summed E-state index contributed by atoms with van der Waals surface area (Å²) in [6.07, 6.45) is 23.7. The molecule has 2 rings (SSSR count). The van der Waals surface area contributed by atoms with Gasteiger partial charge in [-0.3, -0.25) is 0 Å². The first kappa shape index (κ1) is 34.2. The predicted octanol–water partition coefficient (Wildman–Crippen LogP) is 10.9. The minimum absolute atomic E-state index is 0. The van der Waals surface area contributed by atoms with E-state index in [0.717, 1.165) is 0 Å². The van der Waals surface area contributed by atoms with Gasteiger partial charge in [-0.1, -0.05) is 157 Å². The van der Waals surface area contributed by atoms with Crippen LogP contribution in [0.2, 0.25) is 0 Å². The second kappa shape index (κ2) is 22.4. The number of rotatable bonds is 18. The Hall–Kier alpha value is -0.781. The van der Waals surface area contributed by atoms with Crippen molar-refractivity contribution in [2.45, 2.75) is 157 Å². The minimum atomic E-state index is 0. The molecule has 0 aliphatic carbocycles. The van der Waals surface area contributed by atoms with Crippen LogP contribution in [-0.2, 0) is 55.6 Å². The van der Waals surface area contributed by atoms with E-state index in [0.29, 0.717) is 0 Å². The summed E-state index contributed by atoms with van der Waals surface area (Å²) in [5, 5.41) is 0. The molecule has 0 aliphatic rings. The van der Waals surface area contributed by atoms with Crippen molar-refractivity contribution in [1.82, 2.24) is 0 Å². The summed E-state index contributed by atoms with van der Waals surface area (Å²) in [6.45, 7) is 13.7. The summed E-state index contributed by atoms with van der Waals surface area (Å²) in [6, 6.07) is 9.58. The fourth-order valence-electron chi connectivity index (χ4n) is 4.97. The van der Waals surface area contributed by atoms with Gasteiger partial charge in [0, 0.05) is 0 Å². The van der Waals surface area contributed by atoms with Gasteiger partial charge in [0.1, 0.15) is 0 Å². The molecule has 202 valence electrons. The Morgan fingerprint density at radius 1 is 0.457 bits per heavy atom. The van der Waals surface area contributed by atoms with Crippen molar-refractivity contribution in [3.63, 3.8) is 0 Å². The van der Waals surface area contributed by atoms with Gasteiger partial charge in [0.2, 0.25) is 0 Å². The summed E-state index contributed by atoms with van der Waals surface area (Å²) in [5.74, 6) is 0. The van der Waals surface area contributed by atoms with Crippen LogP contribution in [0.5, 0.6) is 0 Å². The maximum absolute atomic E-state index is 2.39. The molecule has 0 unspecified atom stereocenters. The molecule has 2 aromatic rings. The molecule has 0 atom stereocenters. The number of hydrogen-bond donors (Lipinski definition) is 0. The predicted molar refractivity (Wildman–Crippen MR) is 156 cm³/mol. The van der Waals surface area contributed by atoms with Crippen LogP contribution in [0, 0.1) is 0 Å². The van der Waals surface area contributed by atoms with E-state index in [1.165, 1.54) is 116 Å². The largest absolute Gasteiger partial charge is 2.00 e. The molecule has 0 nitrogen and oxygen atoms in total. The Kier molecular flexibility index (Phi) is 21.9. The molecule has 0 spiro atoms. The first-order valence-corrected chi connectivity index (χ1v) is 15.2. The van der Waals surface area contributed by atoms with Gasteiger partial charge in [-0.25, -0.2) is 12.1 Å². The summed E-state index contributed by atoms with van der Waals surface area (Å²) < 4.78 is 0. The molecule has 0 N–H and O–H groups in total. The average molecular weight is 523 g/mol. The summed E-state index contributed by atoms with van der Waals surface area (Å²) in [7, 11) is 0. The van der Waals surface area contributed by atoms with E-state index < -0.39 is 0 Å². The first-order valence-electron chi connectivity index (χ1n) is 15.2. The number of hydrogen-bond acceptors (Lipinski definition) is 0. The zero-order valence-corrected chi connectivity index (χ0v) is 25.5. The van der Waals surface area contributed by atoms with Crippen molar-refractivity contribution >= 4 is 0 Å². The van der Waals surface area contributed by atoms with Gasteiger partial charge < -0.3 is 0 Å². The van der Waals surface area contributed by atoms with Crippen molar-refractivity contribution < 1.29 is 17.1 Å². The topological polar surface area (TPSA) is 0 Å². The Balaban J connectivity index is 0.000000642. The van der Waals surface area contributed by atoms with E-state index in [-0.39, 0.29) is 17.1 Å². The minimum Gasteiger partial charge on any atom is -0.210 e. The van der Waals surface area contributed by atoms with E-state index in [1.54, 1.807) is 33.4 Å². The zero-order chi connectivity index (χ0) is 25.0. The van der Waals surface area contributed by atoms with Crippen LogP contribution in [0.25, 0.3) is 0 Å². The van der Waals surface area contributed by atoms with Gasteiger partial charge in [-0.15, -0.1) is 0 Å². The molecular weight excluding hydrogens is 464 g/mol. The SMILES string of the molecule is CCCCc1cc[c-](CCCC)c1CCCC.CCCCc1cc[c-](CCCC)c1CCCC.[Fe+2]. The number of aryl methyl sites for hydroxylation is 4. The summed E-state index contributed by atoms with van der Waals surface area (Å²) in [5.41, 5.74) is 9.98. The number of unbranched alkanes of at least 4 members (excludes halogenated alkanes) is 6. The van der Waals surface area contributed by atoms with E-state index in [4.69, 9.17) is 0 Å². The van der Waals surface area contributed by atoms with Crippen LogP contribution >= 0.6 is 0 Å². The van der Waals surface area contributed by atoms with Gasteiger partial charge in [0.25, 0.3) is 0 Å². The van der Waals surface area contributed by atoms with Crippen LogP contribution in [0.3, 0.4) is 0 Å². The zero-order valence-electron chi connectivity index (χ0n) is 24.4. The third-order valence-corrected chi connectivity index (χ3v) is 7.28. The van der Waals surface area contributed by atoms with Crippen LogP contribution in [0.1, 0.15) is 152 Å². The molecule has 0 aliphatic heterocycles. The third kappa shape index (κ3) is 13.4. The van der Waals surface area contributed by atoms with Crippen LogP contribution in [0.15, 0.2) is 24.3 Å². The van der Waals surface area contributed by atoms with Gasteiger partial charge in [-0.05, 0) is 0 Å².